The van der Waals surface area contributed by atoms with Crippen LogP contribution in [0.3, 0.4) is 0 Å². The van der Waals surface area contributed by atoms with Crippen LogP contribution >= 0.6 is 27.3 Å². The molecule has 15 heavy (non-hydrogen) atoms. The van der Waals surface area contributed by atoms with Gasteiger partial charge in [-0.15, -0.1) is 11.3 Å². The Kier molecular flexibility index (Phi) is 2.75. The first kappa shape index (κ1) is 10.6. The molecule has 3 nitrogen and oxygen atoms in total. The van der Waals surface area contributed by atoms with Gasteiger partial charge >= 0.3 is 0 Å². The summed E-state index contributed by atoms with van der Waals surface area (Å²) in [6.45, 7) is 2.02. The highest BCUT2D eigenvalue weighted by Crippen LogP contribution is 2.34. The van der Waals surface area contributed by atoms with E-state index in [9.17, 15) is 4.79 Å². The number of aromatic nitrogens is 2. The van der Waals surface area contributed by atoms with Gasteiger partial charge in [0.15, 0.2) is 6.29 Å². The van der Waals surface area contributed by atoms with Crippen LogP contribution in [0.4, 0.5) is 0 Å². The van der Waals surface area contributed by atoms with Crippen molar-refractivity contribution in [2.75, 3.05) is 0 Å². The van der Waals surface area contributed by atoms with Crippen LogP contribution in [0.5, 0.6) is 0 Å². The molecule has 2 rings (SSSR count). The van der Waals surface area contributed by atoms with Crippen molar-refractivity contribution in [2.45, 2.75) is 6.92 Å². The Bertz CT molecular complexity index is 515. The number of aldehydes is 1. The highest BCUT2D eigenvalue weighted by molar-refractivity contribution is 9.11. The minimum atomic E-state index is 0.630. The Morgan fingerprint density at radius 2 is 2.33 bits per heavy atom. The lowest BCUT2D eigenvalue weighted by atomic mass is 10.1. The van der Waals surface area contributed by atoms with Gasteiger partial charge in [0.2, 0.25) is 0 Å². The number of nitrogens with zero attached hydrogens (tertiary/aromatic N) is 2. The van der Waals surface area contributed by atoms with E-state index in [0.29, 0.717) is 5.56 Å². The fraction of sp³-hybridized carbons (Fsp3) is 0.200. The number of halogens is 1. The van der Waals surface area contributed by atoms with Crippen molar-refractivity contribution in [3.8, 4) is 11.3 Å². The molecule has 0 aliphatic rings. The quantitative estimate of drug-likeness (QED) is 0.795. The van der Waals surface area contributed by atoms with Crippen molar-refractivity contribution >= 4 is 33.6 Å². The largest absolute Gasteiger partial charge is 0.298 e. The average molecular weight is 285 g/mol. The number of hydrogen-bond donors (Lipinski definition) is 0. The molecule has 2 heterocycles. The molecule has 0 aromatic carbocycles. The summed E-state index contributed by atoms with van der Waals surface area (Å²) < 4.78 is 2.71. The van der Waals surface area contributed by atoms with Gasteiger partial charge in [-0.3, -0.25) is 9.48 Å². The van der Waals surface area contributed by atoms with Crippen LogP contribution in [0, 0.1) is 6.92 Å². The van der Waals surface area contributed by atoms with Crippen molar-refractivity contribution in [1.82, 2.24) is 9.78 Å². The number of carbonyl (C=O) groups excluding carboxylic acids is 1. The second-order valence-corrected chi connectivity index (χ2v) is 5.88. The molecule has 0 spiro atoms. The normalized spacial score (nSPS) is 10.6. The number of rotatable bonds is 2. The summed E-state index contributed by atoms with van der Waals surface area (Å²) in [5.74, 6) is 0. The maximum absolute atomic E-state index is 10.9. The van der Waals surface area contributed by atoms with Gasteiger partial charge in [-0.2, -0.15) is 5.10 Å². The minimum Gasteiger partial charge on any atom is -0.298 e. The van der Waals surface area contributed by atoms with E-state index >= 15 is 0 Å². The summed E-state index contributed by atoms with van der Waals surface area (Å²) in [4.78, 5) is 12.0. The molecule has 0 N–H and O–H groups in total. The number of thiophene rings is 1. The molecule has 2 aromatic heterocycles. The molecule has 2 aromatic rings. The van der Waals surface area contributed by atoms with E-state index in [1.807, 2.05) is 20.0 Å². The molecule has 0 atom stereocenters. The topological polar surface area (TPSA) is 34.9 Å². The standard InChI is InChI=1S/C10H9BrN2OS/c1-6-8(3-9(11)15-6)10-7(5-14)4-13(2)12-10/h3-5H,1-2H3. The Morgan fingerprint density at radius 1 is 1.60 bits per heavy atom. The highest BCUT2D eigenvalue weighted by Gasteiger charge is 2.13. The lowest BCUT2D eigenvalue weighted by Crippen LogP contribution is -1.87. The van der Waals surface area contributed by atoms with Gasteiger partial charge in [-0.05, 0) is 28.9 Å². The van der Waals surface area contributed by atoms with Gasteiger partial charge in [0.1, 0.15) is 5.69 Å². The van der Waals surface area contributed by atoms with Gasteiger partial charge in [0, 0.05) is 23.7 Å². The van der Waals surface area contributed by atoms with Crippen molar-refractivity contribution in [2.24, 2.45) is 7.05 Å². The first-order valence-electron chi connectivity index (χ1n) is 4.37. The van der Waals surface area contributed by atoms with Crippen LogP contribution in [0.2, 0.25) is 0 Å². The fourth-order valence-corrected chi connectivity index (χ4v) is 3.18. The lowest BCUT2D eigenvalue weighted by molar-refractivity contribution is 0.112. The van der Waals surface area contributed by atoms with Crippen LogP contribution < -0.4 is 0 Å². The summed E-state index contributed by atoms with van der Waals surface area (Å²) in [6, 6.07) is 2.00. The van der Waals surface area contributed by atoms with E-state index in [2.05, 4.69) is 21.0 Å². The Balaban J connectivity index is 2.62. The van der Waals surface area contributed by atoms with E-state index in [-0.39, 0.29) is 0 Å². The molecule has 5 heteroatoms. The summed E-state index contributed by atoms with van der Waals surface area (Å²) in [5, 5.41) is 4.30. The Labute approximate surface area is 99.9 Å². The molecular formula is C10H9BrN2OS. The summed E-state index contributed by atoms with van der Waals surface area (Å²) in [6.07, 6.45) is 2.57. The third-order valence-electron chi connectivity index (χ3n) is 2.13. The minimum absolute atomic E-state index is 0.630. The van der Waals surface area contributed by atoms with E-state index in [0.717, 1.165) is 26.2 Å². The molecule has 0 aliphatic carbocycles. The van der Waals surface area contributed by atoms with Crippen molar-refractivity contribution < 1.29 is 4.79 Å². The molecule has 0 saturated carbocycles. The molecule has 0 unspecified atom stereocenters. The summed E-state index contributed by atoms with van der Waals surface area (Å²) in [5.41, 5.74) is 2.41. The zero-order valence-corrected chi connectivity index (χ0v) is 10.7. The smallest absolute Gasteiger partial charge is 0.153 e. The first-order valence-corrected chi connectivity index (χ1v) is 5.98. The number of aryl methyl sites for hydroxylation is 2. The SMILES string of the molecule is Cc1sc(Br)cc1-c1nn(C)cc1C=O. The molecular weight excluding hydrogens is 276 g/mol. The van der Waals surface area contributed by atoms with Gasteiger partial charge in [0.25, 0.3) is 0 Å². The summed E-state index contributed by atoms with van der Waals surface area (Å²) >= 11 is 5.07. The van der Waals surface area contributed by atoms with Gasteiger partial charge < -0.3 is 0 Å². The second-order valence-electron chi connectivity index (χ2n) is 3.24. The van der Waals surface area contributed by atoms with Gasteiger partial charge in [-0.1, -0.05) is 0 Å². The zero-order chi connectivity index (χ0) is 11.0. The number of carbonyl (C=O) groups is 1. The van der Waals surface area contributed by atoms with Crippen LogP contribution in [0.15, 0.2) is 16.0 Å². The number of hydrogen-bond acceptors (Lipinski definition) is 3. The van der Waals surface area contributed by atoms with E-state index in [4.69, 9.17) is 0 Å². The van der Waals surface area contributed by atoms with Crippen LogP contribution in [0.1, 0.15) is 15.2 Å². The summed E-state index contributed by atoms with van der Waals surface area (Å²) in [7, 11) is 1.81. The maximum Gasteiger partial charge on any atom is 0.153 e. The van der Waals surface area contributed by atoms with Crippen LogP contribution in [-0.2, 0) is 7.05 Å². The molecule has 78 valence electrons. The highest BCUT2D eigenvalue weighted by atomic mass is 79.9. The zero-order valence-electron chi connectivity index (χ0n) is 8.32. The van der Waals surface area contributed by atoms with Crippen LogP contribution in [0.25, 0.3) is 11.3 Å². The van der Waals surface area contributed by atoms with Crippen LogP contribution in [-0.4, -0.2) is 16.1 Å². The molecule has 0 fully saturated rings. The Morgan fingerprint density at radius 3 is 2.87 bits per heavy atom. The predicted octanol–water partition coefficient (Wildman–Crippen LogP) is 3.03. The van der Waals surface area contributed by atoms with Crippen molar-refractivity contribution in [3.05, 3.63) is 26.5 Å². The Hall–Kier alpha value is -0.940. The molecule has 0 aliphatic heterocycles. The third kappa shape index (κ3) is 1.89. The van der Waals surface area contributed by atoms with E-state index < -0.39 is 0 Å². The predicted molar refractivity (Wildman–Crippen MR) is 64.3 cm³/mol. The molecule has 0 bridgehead atoms. The van der Waals surface area contributed by atoms with E-state index in [1.165, 1.54) is 0 Å². The van der Waals surface area contributed by atoms with Gasteiger partial charge in [-0.25, -0.2) is 0 Å². The van der Waals surface area contributed by atoms with Crippen molar-refractivity contribution in [1.29, 1.82) is 0 Å². The first-order chi connectivity index (χ1) is 7.11. The fourth-order valence-electron chi connectivity index (χ4n) is 1.48. The second kappa shape index (κ2) is 3.90. The third-order valence-corrected chi connectivity index (χ3v) is 3.68. The lowest BCUT2D eigenvalue weighted by Gasteiger charge is -1.94. The monoisotopic (exact) mass is 284 g/mol. The maximum atomic E-state index is 10.9. The van der Waals surface area contributed by atoms with Crippen molar-refractivity contribution in [3.63, 3.8) is 0 Å². The van der Waals surface area contributed by atoms with Gasteiger partial charge in [0.05, 0.1) is 9.35 Å². The molecule has 0 radical (unpaired) electrons. The molecule has 0 saturated heterocycles. The van der Waals surface area contributed by atoms with E-state index in [1.54, 1.807) is 22.2 Å². The average Bonchev–Trinajstić information content (AvgIpc) is 2.69. The molecule has 0 amide bonds.